The van der Waals surface area contributed by atoms with Crippen LogP contribution in [-0.4, -0.2) is 47.8 Å². The second-order valence-electron chi connectivity index (χ2n) is 7.09. The van der Waals surface area contributed by atoms with Crippen LogP contribution in [0.2, 0.25) is 0 Å². The maximum absolute atomic E-state index is 10.8. The number of likely N-dealkylation sites (tertiary alicyclic amines) is 1. The van der Waals surface area contributed by atoms with Crippen LogP contribution in [0.15, 0.2) is 0 Å². The van der Waals surface area contributed by atoms with Crippen LogP contribution in [0, 0.1) is 5.92 Å². The van der Waals surface area contributed by atoms with Crippen molar-refractivity contribution in [3.63, 3.8) is 0 Å². The smallest absolute Gasteiger partial charge is 0.0700 e. The highest BCUT2D eigenvalue weighted by molar-refractivity contribution is 4.97. The van der Waals surface area contributed by atoms with Gasteiger partial charge in [-0.15, -0.1) is 0 Å². The van der Waals surface area contributed by atoms with E-state index in [4.69, 9.17) is 0 Å². The first-order valence-electron chi connectivity index (χ1n) is 8.35. The Morgan fingerprint density at radius 2 is 1.84 bits per heavy atom. The molecule has 3 rings (SSSR count). The number of nitrogens with zero attached hydrogens (tertiary/aromatic N) is 1. The van der Waals surface area contributed by atoms with Crippen LogP contribution in [0.3, 0.4) is 0 Å². The largest absolute Gasteiger partial charge is 0.390 e. The molecule has 2 aliphatic carbocycles. The SMILES string of the molecule is CNC1CCC(N2CCC3(O)CCCCC3C2)CC1. The minimum absolute atomic E-state index is 0.309. The van der Waals surface area contributed by atoms with Crippen molar-refractivity contribution >= 4 is 0 Å². The normalized spacial score (nSPS) is 44.8. The summed E-state index contributed by atoms with van der Waals surface area (Å²) in [5.74, 6) is 0.553. The molecule has 3 fully saturated rings. The summed E-state index contributed by atoms with van der Waals surface area (Å²) in [5, 5.41) is 14.2. The van der Waals surface area contributed by atoms with Gasteiger partial charge in [-0.05, 0) is 52.0 Å². The molecule has 0 aromatic heterocycles. The molecule has 1 aliphatic heterocycles. The fourth-order valence-electron chi connectivity index (χ4n) is 4.66. The van der Waals surface area contributed by atoms with Crippen molar-refractivity contribution in [3.8, 4) is 0 Å². The lowest BCUT2D eigenvalue weighted by atomic mass is 9.70. The molecular formula is C16H30N2O. The quantitative estimate of drug-likeness (QED) is 0.804. The van der Waals surface area contributed by atoms with Gasteiger partial charge in [0.15, 0.2) is 0 Å². The van der Waals surface area contributed by atoms with Crippen molar-refractivity contribution in [2.75, 3.05) is 20.1 Å². The monoisotopic (exact) mass is 266 g/mol. The van der Waals surface area contributed by atoms with Crippen molar-refractivity contribution in [1.82, 2.24) is 10.2 Å². The minimum atomic E-state index is -0.309. The molecule has 2 saturated carbocycles. The highest BCUT2D eigenvalue weighted by atomic mass is 16.3. The van der Waals surface area contributed by atoms with Gasteiger partial charge < -0.3 is 10.4 Å². The van der Waals surface area contributed by atoms with Crippen molar-refractivity contribution in [1.29, 1.82) is 0 Å². The minimum Gasteiger partial charge on any atom is -0.390 e. The molecule has 1 saturated heterocycles. The molecule has 0 amide bonds. The van der Waals surface area contributed by atoms with Crippen molar-refractivity contribution in [3.05, 3.63) is 0 Å². The molecule has 2 N–H and O–H groups in total. The summed E-state index contributed by atoms with van der Waals surface area (Å²) in [6.45, 7) is 2.28. The molecule has 3 heteroatoms. The molecule has 3 nitrogen and oxygen atoms in total. The Morgan fingerprint density at radius 3 is 2.58 bits per heavy atom. The second kappa shape index (κ2) is 5.71. The van der Waals surface area contributed by atoms with E-state index in [0.717, 1.165) is 38.0 Å². The van der Waals surface area contributed by atoms with E-state index in [1.165, 1.54) is 44.9 Å². The Morgan fingerprint density at radius 1 is 1.05 bits per heavy atom. The van der Waals surface area contributed by atoms with Crippen molar-refractivity contribution in [2.24, 2.45) is 5.92 Å². The highest BCUT2D eigenvalue weighted by Crippen LogP contribution is 2.41. The zero-order chi connectivity index (χ0) is 13.3. The van der Waals surface area contributed by atoms with Crippen molar-refractivity contribution < 1.29 is 5.11 Å². The lowest BCUT2D eigenvalue weighted by Crippen LogP contribution is -2.56. The van der Waals surface area contributed by atoms with Gasteiger partial charge in [0.05, 0.1) is 5.60 Å². The molecule has 0 spiro atoms. The fraction of sp³-hybridized carbons (Fsp3) is 1.00. The van der Waals surface area contributed by atoms with Gasteiger partial charge in [-0.25, -0.2) is 0 Å². The van der Waals surface area contributed by atoms with Gasteiger partial charge in [-0.2, -0.15) is 0 Å². The first-order chi connectivity index (χ1) is 9.21. The van der Waals surface area contributed by atoms with Crippen LogP contribution in [0.5, 0.6) is 0 Å². The molecular weight excluding hydrogens is 236 g/mol. The first-order valence-corrected chi connectivity index (χ1v) is 8.35. The predicted octanol–water partition coefficient (Wildman–Crippen LogP) is 2.14. The summed E-state index contributed by atoms with van der Waals surface area (Å²) in [4.78, 5) is 2.70. The lowest BCUT2D eigenvalue weighted by Gasteiger charge is -2.50. The zero-order valence-corrected chi connectivity index (χ0v) is 12.4. The van der Waals surface area contributed by atoms with E-state index in [0.29, 0.717) is 5.92 Å². The fourth-order valence-corrected chi connectivity index (χ4v) is 4.66. The third kappa shape index (κ3) is 2.84. The standard InChI is InChI=1S/C16H30N2O/c1-17-14-5-7-15(8-6-14)18-11-10-16(19)9-3-2-4-13(16)12-18/h13-15,17,19H,2-12H2,1H3. The third-order valence-corrected chi connectivity index (χ3v) is 6.08. The molecule has 0 aromatic carbocycles. The summed E-state index contributed by atoms with van der Waals surface area (Å²) in [6.07, 6.45) is 11.2. The Balaban J connectivity index is 1.56. The molecule has 0 aromatic rings. The second-order valence-corrected chi connectivity index (χ2v) is 7.09. The number of aliphatic hydroxyl groups is 1. The number of nitrogens with one attached hydrogen (secondary N) is 1. The number of rotatable bonds is 2. The number of piperidine rings is 1. The molecule has 0 bridgehead atoms. The Hall–Kier alpha value is -0.120. The summed E-state index contributed by atoms with van der Waals surface area (Å²) in [7, 11) is 2.09. The number of hydrogen-bond donors (Lipinski definition) is 2. The molecule has 2 atom stereocenters. The van der Waals surface area contributed by atoms with Gasteiger partial charge in [0.1, 0.15) is 0 Å². The summed E-state index contributed by atoms with van der Waals surface area (Å²) >= 11 is 0. The predicted molar refractivity (Wildman–Crippen MR) is 78.2 cm³/mol. The Kier molecular flexibility index (Phi) is 4.16. The van der Waals surface area contributed by atoms with Gasteiger partial charge >= 0.3 is 0 Å². The van der Waals surface area contributed by atoms with Crippen LogP contribution >= 0.6 is 0 Å². The maximum atomic E-state index is 10.8. The van der Waals surface area contributed by atoms with E-state index in [1.807, 2.05) is 0 Å². The Bertz CT molecular complexity index is 301. The van der Waals surface area contributed by atoms with E-state index < -0.39 is 0 Å². The zero-order valence-electron chi connectivity index (χ0n) is 12.4. The summed E-state index contributed by atoms with van der Waals surface area (Å²) in [5.41, 5.74) is -0.309. The average molecular weight is 266 g/mol. The lowest BCUT2D eigenvalue weighted by molar-refractivity contribution is -0.105. The average Bonchev–Trinajstić information content (AvgIpc) is 2.46. The first kappa shape index (κ1) is 13.8. The maximum Gasteiger partial charge on any atom is 0.0700 e. The van der Waals surface area contributed by atoms with Crippen LogP contribution in [0.4, 0.5) is 0 Å². The van der Waals surface area contributed by atoms with E-state index in [-0.39, 0.29) is 5.60 Å². The van der Waals surface area contributed by atoms with Crippen LogP contribution in [-0.2, 0) is 0 Å². The van der Waals surface area contributed by atoms with Gasteiger partial charge in [0.25, 0.3) is 0 Å². The van der Waals surface area contributed by atoms with E-state index >= 15 is 0 Å². The van der Waals surface area contributed by atoms with Crippen molar-refractivity contribution in [2.45, 2.75) is 75.5 Å². The van der Waals surface area contributed by atoms with Crippen LogP contribution in [0.25, 0.3) is 0 Å². The molecule has 2 unspecified atom stereocenters. The van der Waals surface area contributed by atoms with E-state index in [9.17, 15) is 5.11 Å². The highest BCUT2D eigenvalue weighted by Gasteiger charge is 2.44. The van der Waals surface area contributed by atoms with Gasteiger partial charge in [-0.3, -0.25) is 4.90 Å². The summed E-state index contributed by atoms with van der Waals surface area (Å²) in [6, 6.07) is 1.53. The molecule has 3 aliphatic rings. The topological polar surface area (TPSA) is 35.5 Å². The molecule has 1 heterocycles. The number of fused-ring (bicyclic) bond motifs is 1. The van der Waals surface area contributed by atoms with Crippen LogP contribution in [0.1, 0.15) is 57.8 Å². The molecule has 110 valence electrons. The van der Waals surface area contributed by atoms with Crippen LogP contribution < -0.4 is 5.32 Å². The molecule has 0 radical (unpaired) electrons. The molecule has 19 heavy (non-hydrogen) atoms. The third-order valence-electron chi connectivity index (χ3n) is 6.08. The Labute approximate surface area is 117 Å². The van der Waals surface area contributed by atoms with Gasteiger partial charge in [0.2, 0.25) is 0 Å². The number of hydrogen-bond acceptors (Lipinski definition) is 3. The van der Waals surface area contributed by atoms with Gasteiger partial charge in [0, 0.05) is 31.1 Å². The summed E-state index contributed by atoms with van der Waals surface area (Å²) < 4.78 is 0. The van der Waals surface area contributed by atoms with Gasteiger partial charge in [-0.1, -0.05) is 12.8 Å². The van der Waals surface area contributed by atoms with E-state index in [1.54, 1.807) is 0 Å². The van der Waals surface area contributed by atoms with E-state index in [2.05, 4.69) is 17.3 Å².